The fraction of sp³-hybridized carbons (Fsp3) is 0.538. The molecule has 0 aliphatic rings. The first-order valence-corrected chi connectivity index (χ1v) is 6.20. The quantitative estimate of drug-likeness (QED) is 0.679. The maximum absolute atomic E-state index is 13.1. The van der Waals surface area contributed by atoms with Crippen molar-refractivity contribution in [1.29, 1.82) is 0 Å². The van der Waals surface area contributed by atoms with E-state index in [0.717, 1.165) is 12.0 Å². The Labute approximate surface area is 100 Å². The Balaban J connectivity index is 3.02. The highest BCUT2D eigenvalue weighted by Gasteiger charge is 2.26. The van der Waals surface area contributed by atoms with Crippen LogP contribution in [-0.4, -0.2) is 0 Å². The number of alkyl halides is 1. The van der Waals surface area contributed by atoms with Gasteiger partial charge in [0, 0.05) is 4.83 Å². The highest BCUT2D eigenvalue weighted by Crippen LogP contribution is 2.42. The predicted molar refractivity (Wildman–Crippen MR) is 66.9 cm³/mol. The smallest absolute Gasteiger partial charge is 0.126 e. The van der Waals surface area contributed by atoms with Gasteiger partial charge in [0.2, 0.25) is 0 Å². The van der Waals surface area contributed by atoms with E-state index in [1.54, 1.807) is 13.0 Å². The van der Waals surface area contributed by atoms with Crippen molar-refractivity contribution >= 4 is 15.9 Å². The molecule has 1 atom stereocenters. The Hall–Kier alpha value is -0.370. The molecule has 0 heterocycles. The van der Waals surface area contributed by atoms with E-state index in [0.29, 0.717) is 5.56 Å². The Kier molecular flexibility index (Phi) is 3.93. The third-order valence-corrected chi connectivity index (χ3v) is 4.84. The summed E-state index contributed by atoms with van der Waals surface area (Å²) in [5.74, 6) is -0.132. The third kappa shape index (κ3) is 2.81. The molecule has 1 rings (SSSR count). The van der Waals surface area contributed by atoms with Gasteiger partial charge >= 0.3 is 0 Å². The minimum atomic E-state index is -0.132. The molecule has 0 aromatic heterocycles. The molecule has 0 fully saturated rings. The molecule has 0 amide bonds. The largest absolute Gasteiger partial charge is 0.207 e. The monoisotopic (exact) mass is 272 g/mol. The second kappa shape index (κ2) is 4.65. The van der Waals surface area contributed by atoms with Gasteiger partial charge in [0.05, 0.1) is 0 Å². The zero-order valence-electron chi connectivity index (χ0n) is 9.77. The van der Waals surface area contributed by atoms with Crippen LogP contribution in [0.1, 0.15) is 43.1 Å². The molecule has 15 heavy (non-hydrogen) atoms. The molecule has 2 heteroatoms. The van der Waals surface area contributed by atoms with Crippen molar-refractivity contribution in [2.24, 2.45) is 5.41 Å². The van der Waals surface area contributed by atoms with Crippen molar-refractivity contribution in [3.05, 3.63) is 35.1 Å². The van der Waals surface area contributed by atoms with Gasteiger partial charge in [-0.3, -0.25) is 0 Å². The zero-order chi connectivity index (χ0) is 11.6. The second-order valence-corrected chi connectivity index (χ2v) is 5.63. The van der Waals surface area contributed by atoms with Crippen LogP contribution in [0.4, 0.5) is 4.39 Å². The first-order chi connectivity index (χ1) is 6.88. The molecule has 0 N–H and O–H groups in total. The molecule has 0 nitrogen and oxygen atoms in total. The van der Waals surface area contributed by atoms with Crippen LogP contribution in [0, 0.1) is 18.2 Å². The number of hydrogen-bond acceptors (Lipinski definition) is 0. The summed E-state index contributed by atoms with van der Waals surface area (Å²) in [6.07, 6.45) is 1.08. The first kappa shape index (κ1) is 12.7. The maximum Gasteiger partial charge on any atom is 0.126 e. The Morgan fingerprint density at radius 2 is 2.00 bits per heavy atom. The molecule has 1 unspecified atom stereocenters. The minimum Gasteiger partial charge on any atom is -0.207 e. The van der Waals surface area contributed by atoms with E-state index >= 15 is 0 Å². The molecule has 0 aliphatic heterocycles. The molecule has 84 valence electrons. The lowest BCUT2D eigenvalue weighted by atomic mass is 9.83. The summed E-state index contributed by atoms with van der Waals surface area (Å²) in [5.41, 5.74) is 2.05. The van der Waals surface area contributed by atoms with Crippen molar-refractivity contribution in [3.8, 4) is 0 Å². The van der Waals surface area contributed by atoms with E-state index in [4.69, 9.17) is 0 Å². The summed E-state index contributed by atoms with van der Waals surface area (Å²) in [6, 6.07) is 5.33. The van der Waals surface area contributed by atoms with Gasteiger partial charge in [-0.1, -0.05) is 48.8 Å². The van der Waals surface area contributed by atoms with E-state index in [-0.39, 0.29) is 16.1 Å². The third-order valence-electron chi connectivity index (χ3n) is 3.07. The summed E-state index contributed by atoms with van der Waals surface area (Å²) < 4.78 is 13.1. The van der Waals surface area contributed by atoms with E-state index in [2.05, 4.69) is 36.7 Å². The van der Waals surface area contributed by atoms with Crippen molar-refractivity contribution < 1.29 is 4.39 Å². The van der Waals surface area contributed by atoms with Gasteiger partial charge in [0.15, 0.2) is 0 Å². The number of rotatable bonds is 3. The summed E-state index contributed by atoms with van der Waals surface area (Å²) in [5, 5.41) is 0. The van der Waals surface area contributed by atoms with Crippen LogP contribution in [0.3, 0.4) is 0 Å². The highest BCUT2D eigenvalue weighted by atomic mass is 79.9. The van der Waals surface area contributed by atoms with Crippen molar-refractivity contribution in [2.45, 2.75) is 38.9 Å². The van der Waals surface area contributed by atoms with Gasteiger partial charge in [0.25, 0.3) is 0 Å². The molecular formula is C13H18BrF. The normalized spacial score (nSPS) is 14.0. The molecule has 0 spiro atoms. The lowest BCUT2D eigenvalue weighted by Gasteiger charge is -2.29. The lowest BCUT2D eigenvalue weighted by molar-refractivity contribution is 0.346. The van der Waals surface area contributed by atoms with Gasteiger partial charge in [-0.15, -0.1) is 0 Å². The Morgan fingerprint density at radius 1 is 1.40 bits per heavy atom. The standard InChI is InChI=1S/C13H18BrF/c1-5-13(3,4)12(14)10-6-7-11(15)9(2)8-10/h6-8,12H,5H2,1-4H3. The van der Waals surface area contributed by atoms with Gasteiger partial charge in [-0.25, -0.2) is 4.39 Å². The molecular weight excluding hydrogens is 255 g/mol. The van der Waals surface area contributed by atoms with Gasteiger partial charge in [0.1, 0.15) is 5.82 Å². The SMILES string of the molecule is CCC(C)(C)C(Br)c1ccc(F)c(C)c1. The van der Waals surface area contributed by atoms with E-state index in [1.807, 2.05) is 12.1 Å². The minimum absolute atomic E-state index is 0.132. The van der Waals surface area contributed by atoms with E-state index in [9.17, 15) is 4.39 Å². The summed E-state index contributed by atoms with van der Waals surface area (Å²) in [4.78, 5) is 0.272. The number of hydrogen-bond donors (Lipinski definition) is 0. The molecule has 0 aliphatic carbocycles. The van der Waals surface area contributed by atoms with Crippen molar-refractivity contribution in [1.82, 2.24) is 0 Å². The number of benzene rings is 1. The summed E-state index contributed by atoms with van der Waals surface area (Å²) in [7, 11) is 0. The number of halogens is 2. The average Bonchev–Trinajstić information content (AvgIpc) is 2.21. The van der Waals surface area contributed by atoms with Gasteiger partial charge in [-0.05, 0) is 36.0 Å². The summed E-state index contributed by atoms with van der Waals surface area (Å²) >= 11 is 3.70. The Morgan fingerprint density at radius 3 is 2.47 bits per heavy atom. The van der Waals surface area contributed by atoms with Crippen LogP contribution in [-0.2, 0) is 0 Å². The molecule has 1 aromatic carbocycles. The Bertz CT molecular complexity index is 344. The van der Waals surface area contributed by atoms with Crippen molar-refractivity contribution in [2.75, 3.05) is 0 Å². The van der Waals surface area contributed by atoms with Crippen LogP contribution >= 0.6 is 15.9 Å². The zero-order valence-corrected chi connectivity index (χ0v) is 11.4. The van der Waals surface area contributed by atoms with Crippen LogP contribution in [0.2, 0.25) is 0 Å². The fourth-order valence-corrected chi connectivity index (χ4v) is 2.06. The molecule has 0 saturated carbocycles. The fourth-order valence-electron chi connectivity index (χ4n) is 1.46. The predicted octanol–water partition coefficient (Wildman–Crippen LogP) is 5.01. The molecule has 0 radical (unpaired) electrons. The number of aryl methyl sites for hydroxylation is 1. The molecule has 1 aromatic rings. The van der Waals surface area contributed by atoms with Crippen LogP contribution in [0.15, 0.2) is 18.2 Å². The molecule has 0 saturated heterocycles. The second-order valence-electron chi connectivity index (χ2n) is 4.71. The topological polar surface area (TPSA) is 0 Å². The van der Waals surface area contributed by atoms with Crippen LogP contribution in [0.25, 0.3) is 0 Å². The lowest BCUT2D eigenvalue weighted by Crippen LogP contribution is -2.16. The average molecular weight is 273 g/mol. The van der Waals surface area contributed by atoms with Crippen molar-refractivity contribution in [3.63, 3.8) is 0 Å². The molecule has 0 bridgehead atoms. The highest BCUT2D eigenvalue weighted by molar-refractivity contribution is 9.09. The van der Waals surface area contributed by atoms with Crippen LogP contribution in [0.5, 0.6) is 0 Å². The maximum atomic E-state index is 13.1. The van der Waals surface area contributed by atoms with Gasteiger partial charge < -0.3 is 0 Å². The van der Waals surface area contributed by atoms with E-state index < -0.39 is 0 Å². The van der Waals surface area contributed by atoms with E-state index in [1.165, 1.54) is 0 Å². The van der Waals surface area contributed by atoms with Crippen LogP contribution < -0.4 is 0 Å². The summed E-state index contributed by atoms with van der Waals surface area (Å²) in [6.45, 7) is 8.40. The first-order valence-electron chi connectivity index (χ1n) is 5.28. The van der Waals surface area contributed by atoms with Gasteiger partial charge in [-0.2, -0.15) is 0 Å².